The van der Waals surface area contributed by atoms with Crippen molar-refractivity contribution in [1.29, 1.82) is 0 Å². The van der Waals surface area contributed by atoms with Crippen LogP contribution in [-0.4, -0.2) is 47.4 Å². The van der Waals surface area contributed by atoms with E-state index in [9.17, 15) is 9.59 Å². The molecule has 1 atom stereocenters. The van der Waals surface area contributed by atoms with Gasteiger partial charge in [-0.3, -0.25) is 19.5 Å². The van der Waals surface area contributed by atoms with Gasteiger partial charge in [0.05, 0.1) is 12.6 Å². The molecule has 0 aliphatic carbocycles. The smallest absolute Gasteiger partial charge is 0.237 e. The molecule has 0 bridgehead atoms. The fourth-order valence-electron chi connectivity index (χ4n) is 1.99. The maximum Gasteiger partial charge on any atom is 0.237 e. The number of hydrogen-bond donors (Lipinski definition) is 2. The number of rotatable bonds is 4. The molecule has 19 heavy (non-hydrogen) atoms. The number of piperazine rings is 1. The lowest BCUT2D eigenvalue weighted by Gasteiger charge is -2.31. The Morgan fingerprint density at radius 3 is 3.21 bits per heavy atom. The van der Waals surface area contributed by atoms with Crippen LogP contribution in [0.5, 0.6) is 0 Å². The van der Waals surface area contributed by atoms with Gasteiger partial charge in [0.25, 0.3) is 0 Å². The van der Waals surface area contributed by atoms with Crippen LogP contribution in [0.3, 0.4) is 0 Å². The average molecular weight is 262 g/mol. The molecule has 1 saturated heterocycles. The van der Waals surface area contributed by atoms with Gasteiger partial charge >= 0.3 is 0 Å². The van der Waals surface area contributed by atoms with Crippen molar-refractivity contribution in [2.45, 2.75) is 19.5 Å². The highest BCUT2D eigenvalue weighted by Gasteiger charge is 2.26. The van der Waals surface area contributed by atoms with Gasteiger partial charge in [0.15, 0.2) is 0 Å². The zero-order valence-electron chi connectivity index (χ0n) is 10.9. The SMILES string of the molecule is CC1C(=O)NCCN1CC(=O)NCc1cccnc1. The molecule has 0 radical (unpaired) electrons. The molecule has 6 nitrogen and oxygen atoms in total. The third kappa shape index (κ3) is 3.75. The van der Waals surface area contributed by atoms with Crippen LogP contribution < -0.4 is 10.6 Å². The van der Waals surface area contributed by atoms with Crippen molar-refractivity contribution >= 4 is 11.8 Å². The van der Waals surface area contributed by atoms with E-state index in [1.165, 1.54) is 0 Å². The van der Waals surface area contributed by atoms with Gasteiger partial charge in [-0.2, -0.15) is 0 Å². The minimum absolute atomic E-state index is 0.0219. The summed E-state index contributed by atoms with van der Waals surface area (Å²) in [6.45, 7) is 3.81. The number of amides is 2. The van der Waals surface area contributed by atoms with Crippen LogP contribution in [0.1, 0.15) is 12.5 Å². The third-order valence-corrected chi connectivity index (χ3v) is 3.18. The van der Waals surface area contributed by atoms with Gasteiger partial charge in [-0.25, -0.2) is 0 Å². The first kappa shape index (κ1) is 13.5. The minimum Gasteiger partial charge on any atom is -0.353 e. The molecular formula is C13H18N4O2. The number of nitrogens with one attached hydrogen (secondary N) is 2. The monoisotopic (exact) mass is 262 g/mol. The predicted octanol–water partition coefficient (Wildman–Crippen LogP) is -0.482. The summed E-state index contributed by atoms with van der Waals surface area (Å²) >= 11 is 0. The summed E-state index contributed by atoms with van der Waals surface area (Å²) in [5.74, 6) is -0.100. The summed E-state index contributed by atoms with van der Waals surface area (Å²) in [6.07, 6.45) is 3.41. The van der Waals surface area contributed by atoms with Crippen molar-refractivity contribution in [1.82, 2.24) is 20.5 Å². The quantitative estimate of drug-likeness (QED) is 0.768. The van der Waals surface area contributed by atoms with Crippen molar-refractivity contribution in [2.75, 3.05) is 19.6 Å². The highest BCUT2D eigenvalue weighted by Crippen LogP contribution is 2.03. The van der Waals surface area contributed by atoms with Crippen LogP contribution in [0, 0.1) is 0 Å². The third-order valence-electron chi connectivity index (χ3n) is 3.18. The van der Waals surface area contributed by atoms with E-state index in [-0.39, 0.29) is 24.4 Å². The lowest BCUT2D eigenvalue weighted by atomic mass is 10.2. The van der Waals surface area contributed by atoms with Crippen LogP contribution in [0.2, 0.25) is 0 Å². The first-order valence-electron chi connectivity index (χ1n) is 6.34. The largest absolute Gasteiger partial charge is 0.353 e. The molecule has 0 saturated carbocycles. The molecule has 1 fully saturated rings. The van der Waals surface area contributed by atoms with Crippen molar-refractivity contribution in [3.8, 4) is 0 Å². The summed E-state index contributed by atoms with van der Waals surface area (Å²) in [4.78, 5) is 29.2. The van der Waals surface area contributed by atoms with Crippen LogP contribution in [-0.2, 0) is 16.1 Å². The maximum atomic E-state index is 11.8. The van der Waals surface area contributed by atoms with E-state index in [4.69, 9.17) is 0 Å². The van der Waals surface area contributed by atoms with Crippen LogP contribution in [0.4, 0.5) is 0 Å². The molecule has 1 unspecified atom stereocenters. The topological polar surface area (TPSA) is 74.3 Å². The molecule has 0 spiro atoms. The highest BCUT2D eigenvalue weighted by atomic mass is 16.2. The molecule has 1 aliphatic rings. The molecule has 1 aromatic rings. The number of carbonyl (C=O) groups excluding carboxylic acids is 2. The van der Waals surface area contributed by atoms with E-state index in [0.29, 0.717) is 19.6 Å². The predicted molar refractivity (Wildman–Crippen MR) is 70.1 cm³/mol. The zero-order chi connectivity index (χ0) is 13.7. The Kier molecular flexibility index (Phi) is 4.46. The number of nitrogens with zero attached hydrogens (tertiary/aromatic N) is 2. The summed E-state index contributed by atoms with van der Waals surface area (Å²) in [5.41, 5.74) is 0.959. The van der Waals surface area contributed by atoms with Crippen molar-refractivity contribution in [3.05, 3.63) is 30.1 Å². The van der Waals surface area contributed by atoms with Gasteiger partial charge in [0.1, 0.15) is 0 Å². The van der Waals surface area contributed by atoms with E-state index >= 15 is 0 Å². The normalized spacial score (nSPS) is 19.8. The molecule has 2 amide bonds. The van der Waals surface area contributed by atoms with E-state index in [1.807, 2.05) is 24.0 Å². The molecule has 2 heterocycles. The average Bonchev–Trinajstić information content (AvgIpc) is 2.43. The summed E-state index contributed by atoms with van der Waals surface area (Å²) in [7, 11) is 0. The van der Waals surface area contributed by atoms with E-state index in [0.717, 1.165) is 5.56 Å². The molecule has 2 N–H and O–H groups in total. The number of aromatic nitrogens is 1. The minimum atomic E-state index is -0.252. The Morgan fingerprint density at radius 2 is 2.47 bits per heavy atom. The van der Waals surface area contributed by atoms with Gasteiger partial charge in [-0.1, -0.05) is 6.07 Å². The van der Waals surface area contributed by atoms with Gasteiger partial charge in [0, 0.05) is 32.0 Å². The van der Waals surface area contributed by atoms with Crippen LogP contribution in [0.25, 0.3) is 0 Å². The second-order valence-electron chi connectivity index (χ2n) is 4.58. The Hall–Kier alpha value is -1.95. The summed E-state index contributed by atoms with van der Waals surface area (Å²) < 4.78 is 0. The molecule has 102 valence electrons. The van der Waals surface area contributed by atoms with Crippen molar-refractivity contribution in [3.63, 3.8) is 0 Å². The van der Waals surface area contributed by atoms with E-state index in [2.05, 4.69) is 15.6 Å². The van der Waals surface area contributed by atoms with Gasteiger partial charge in [-0.15, -0.1) is 0 Å². The van der Waals surface area contributed by atoms with Crippen molar-refractivity contribution < 1.29 is 9.59 Å². The Morgan fingerprint density at radius 1 is 1.63 bits per heavy atom. The Labute approximate surface area is 112 Å². The summed E-state index contributed by atoms with van der Waals surface area (Å²) in [6, 6.07) is 3.49. The molecule has 1 aromatic heterocycles. The Balaban J connectivity index is 1.79. The zero-order valence-corrected chi connectivity index (χ0v) is 10.9. The molecule has 6 heteroatoms. The first-order chi connectivity index (χ1) is 9.16. The fourth-order valence-corrected chi connectivity index (χ4v) is 1.99. The summed E-state index contributed by atoms with van der Waals surface area (Å²) in [5, 5.41) is 5.60. The maximum absolute atomic E-state index is 11.8. The standard InChI is InChI=1S/C13H18N4O2/c1-10-13(19)15-5-6-17(10)9-12(18)16-8-11-3-2-4-14-7-11/h2-4,7,10H,5-6,8-9H2,1H3,(H,15,19)(H,16,18). The van der Waals surface area contributed by atoms with E-state index < -0.39 is 0 Å². The number of hydrogen-bond acceptors (Lipinski definition) is 4. The van der Waals surface area contributed by atoms with Crippen LogP contribution >= 0.6 is 0 Å². The van der Waals surface area contributed by atoms with Gasteiger partial charge < -0.3 is 10.6 Å². The highest BCUT2D eigenvalue weighted by molar-refractivity contribution is 5.84. The lowest BCUT2D eigenvalue weighted by Crippen LogP contribution is -2.56. The lowest BCUT2D eigenvalue weighted by molar-refractivity contribution is -0.130. The number of carbonyl (C=O) groups is 2. The van der Waals surface area contributed by atoms with E-state index in [1.54, 1.807) is 12.4 Å². The molecule has 1 aliphatic heterocycles. The second kappa shape index (κ2) is 6.29. The van der Waals surface area contributed by atoms with Gasteiger partial charge in [0.2, 0.25) is 11.8 Å². The first-order valence-corrected chi connectivity index (χ1v) is 6.34. The molecule has 2 rings (SSSR count). The molecular weight excluding hydrogens is 244 g/mol. The fraction of sp³-hybridized carbons (Fsp3) is 0.462. The number of pyridine rings is 1. The molecule has 0 aromatic carbocycles. The van der Waals surface area contributed by atoms with Crippen molar-refractivity contribution in [2.24, 2.45) is 0 Å². The Bertz CT molecular complexity index is 449. The van der Waals surface area contributed by atoms with Crippen LogP contribution in [0.15, 0.2) is 24.5 Å². The van der Waals surface area contributed by atoms with Gasteiger partial charge in [-0.05, 0) is 18.6 Å². The second-order valence-corrected chi connectivity index (χ2v) is 4.58.